The summed E-state index contributed by atoms with van der Waals surface area (Å²) >= 11 is 0. The van der Waals surface area contributed by atoms with Gasteiger partial charge in [-0.15, -0.1) is 0 Å². The van der Waals surface area contributed by atoms with Gasteiger partial charge < -0.3 is 21.3 Å². The Bertz CT molecular complexity index is 227. The van der Waals surface area contributed by atoms with E-state index in [9.17, 15) is 14.4 Å². The van der Waals surface area contributed by atoms with Crippen LogP contribution in [0.1, 0.15) is 12.8 Å². The molecule has 0 aromatic rings. The van der Waals surface area contributed by atoms with Gasteiger partial charge in [-0.25, -0.2) is 9.59 Å². The quantitative estimate of drug-likeness (QED) is 0.440. The van der Waals surface area contributed by atoms with Gasteiger partial charge in [0.25, 0.3) is 0 Å². The van der Waals surface area contributed by atoms with E-state index in [2.05, 4.69) is 5.73 Å². The number of nitrogens with one attached hydrogen (secondary N) is 1. The zero-order chi connectivity index (χ0) is 10.4. The van der Waals surface area contributed by atoms with Crippen LogP contribution in [0.5, 0.6) is 0 Å². The molecule has 0 aliphatic rings. The van der Waals surface area contributed by atoms with Crippen LogP contribution >= 0.6 is 0 Å². The van der Waals surface area contributed by atoms with Crippen LogP contribution in [0, 0.1) is 0 Å². The molecule has 0 radical (unpaired) electrons. The van der Waals surface area contributed by atoms with Gasteiger partial charge in [0.15, 0.2) is 0 Å². The van der Waals surface area contributed by atoms with E-state index < -0.39 is 24.0 Å². The van der Waals surface area contributed by atoms with E-state index in [-0.39, 0.29) is 12.8 Å². The number of amides is 2. The topological polar surface area (TPSA) is 130 Å². The maximum absolute atomic E-state index is 10.4. The van der Waals surface area contributed by atoms with Crippen LogP contribution in [-0.2, 0) is 9.59 Å². The van der Waals surface area contributed by atoms with E-state index in [1.54, 1.807) is 0 Å². The average Bonchev–Trinajstić information content (AvgIpc) is 1.96. The van der Waals surface area contributed by atoms with E-state index in [0.717, 1.165) is 0 Å². The van der Waals surface area contributed by atoms with Crippen LogP contribution in [0.2, 0.25) is 0 Å². The lowest BCUT2D eigenvalue weighted by Gasteiger charge is -2.10. The minimum Gasteiger partial charge on any atom is -0.481 e. The first kappa shape index (κ1) is 11.2. The van der Waals surface area contributed by atoms with Gasteiger partial charge in [-0.05, 0) is 6.42 Å². The Hall–Kier alpha value is -1.79. The molecule has 74 valence electrons. The highest BCUT2D eigenvalue weighted by Gasteiger charge is 2.19. The third-order valence-corrected chi connectivity index (χ3v) is 1.26. The minimum atomic E-state index is -1.31. The summed E-state index contributed by atoms with van der Waals surface area (Å²) in [5.74, 6) is -2.43. The summed E-state index contributed by atoms with van der Waals surface area (Å²) in [4.78, 5) is 30.7. The predicted octanol–water partition coefficient (Wildman–Crippen LogP) is -1.03. The number of carboxylic acid groups (broad SMARTS) is 2. The number of nitrogens with two attached hydrogens (primary N) is 1. The van der Waals surface area contributed by atoms with Gasteiger partial charge in [-0.3, -0.25) is 4.79 Å². The Balaban J connectivity index is 4.02. The highest BCUT2D eigenvalue weighted by molar-refractivity contribution is 5.82. The molecule has 0 aliphatic carbocycles. The molecule has 0 spiro atoms. The first-order chi connectivity index (χ1) is 5.93. The summed E-state index contributed by atoms with van der Waals surface area (Å²) in [5, 5.41) is 18.6. The third kappa shape index (κ3) is 5.48. The maximum atomic E-state index is 10.4. The maximum Gasteiger partial charge on any atom is 0.326 e. The Morgan fingerprint density at radius 3 is 2.15 bits per heavy atom. The predicted molar refractivity (Wildman–Crippen MR) is 41.0 cm³/mol. The fourth-order valence-electron chi connectivity index (χ4n) is 0.697. The Kier molecular flexibility index (Phi) is 4.28. The summed E-state index contributed by atoms with van der Waals surface area (Å²) in [6.45, 7) is 0. The van der Waals surface area contributed by atoms with Gasteiger partial charge >= 0.3 is 18.0 Å². The van der Waals surface area contributed by atoms with Crippen molar-refractivity contribution in [3.63, 3.8) is 0 Å². The molecular formula is C6H10N2O5. The lowest BCUT2D eigenvalue weighted by molar-refractivity contribution is -0.140. The van der Waals surface area contributed by atoms with Crippen LogP contribution in [-0.4, -0.2) is 34.2 Å². The molecule has 2 amide bonds. The Morgan fingerprint density at radius 2 is 1.85 bits per heavy atom. The molecule has 0 aromatic heterocycles. The van der Waals surface area contributed by atoms with Gasteiger partial charge in [0.2, 0.25) is 0 Å². The van der Waals surface area contributed by atoms with Crippen molar-refractivity contribution in [3.8, 4) is 0 Å². The molecule has 0 heterocycles. The number of hydrogen-bond acceptors (Lipinski definition) is 3. The van der Waals surface area contributed by atoms with Crippen molar-refractivity contribution in [3.05, 3.63) is 0 Å². The van der Waals surface area contributed by atoms with Gasteiger partial charge in [0, 0.05) is 6.42 Å². The van der Waals surface area contributed by atoms with Gasteiger partial charge in [-0.1, -0.05) is 0 Å². The molecule has 1 atom stereocenters. The average molecular weight is 190 g/mol. The highest BCUT2D eigenvalue weighted by atomic mass is 16.4. The molecule has 7 nitrogen and oxygen atoms in total. The molecule has 0 saturated heterocycles. The van der Waals surface area contributed by atoms with Crippen LogP contribution < -0.4 is 11.1 Å². The monoisotopic (exact) mass is 190 g/mol. The van der Waals surface area contributed by atoms with Crippen LogP contribution in [0.3, 0.4) is 0 Å². The second-order valence-electron chi connectivity index (χ2n) is 2.33. The molecule has 7 heteroatoms. The highest BCUT2D eigenvalue weighted by Crippen LogP contribution is 1.97. The number of urea groups is 1. The second kappa shape index (κ2) is 4.96. The molecule has 0 saturated carbocycles. The van der Waals surface area contributed by atoms with E-state index in [4.69, 9.17) is 10.2 Å². The molecule has 5 N–H and O–H groups in total. The smallest absolute Gasteiger partial charge is 0.326 e. The van der Waals surface area contributed by atoms with E-state index in [1.807, 2.05) is 5.32 Å². The SMILES string of the molecule is NC(=O)N[C@H](CCC(=O)O)C(=O)O. The first-order valence-corrected chi connectivity index (χ1v) is 3.44. The minimum absolute atomic E-state index is 0.187. The molecule has 0 aliphatic heterocycles. The van der Waals surface area contributed by atoms with Gasteiger partial charge in [-0.2, -0.15) is 0 Å². The Labute approximate surface area is 73.5 Å². The molecule has 13 heavy (non-hydrogen) atoms. The third-order valence-electron chi connectivity index (χ3n) is 1.26. The van der Waals surface area contributed by atoms with Crippen LogP contribution in [0.15, 0.2) is 0 Å². The summed E-state index contributed by atoms with van der Waals surface area (Å²) < 4.78 is 0. The van der Waals surface area contributed by atoms with Crippen molar-refractivity contribution in [2.75, 3.05) is 0 Å². The lowest BCUT2D eigenvalue weighted by atomic mass is 10.1. The van der Waals surface area contributed by atoms with Crippen molar-refractivity contribution >= 4 is 18.0 Å². The van der Waals surface area contributed by atoms with Crippen molar-refractivity contribution in [1.29, 1.82) is 0 Å². The summed E-state index contributed by atoms with van der Waals surface area (Å²) in [6.07, 6.45) is -0.523. The lowest BCUT2D eigenvalue weighted by Crippen LogP contribution is -2.43. The van der Waals surface area contributed by atoms with Gasteiger partial charge in [0.05, 0.1) is 0 Å². The van der Waals surface area contributed by atoms with E-state index in [1.165, 1.54) is 0 Å². The van der Waals surface area contributed by atoms with E-state index in [0.29, 0.717) is 0 Å². The summed E-state index contributed by atoms with van der Waals surface area (Å²) in [5.41, 5.74) is 4.68. The fourth-order valence-corrected chi connectivity index (χ4v) is 0.697. The van der Waals surface area contributed by atoms with Crippen molar-refractivity contribution in [2.45, 2.75) is 18.9 Å². The molecule has 0 rings (SSSR count). The zero-order valence-electron chi connectivity index (χ0n) is 6.69. The molecular weight excluding hydrogens is 180 g/mol. The largest absolute Gasteiger partial charge is 0.481 e. The van der Waals surface area contributed by atoms with Crippen molar-refractivity contribution < 1.29 is 24.6 Å². The Morgan fingerprint density at radius 1 is 1.31 bits per heavy atom. The number of hydrogen-bond donors (Lipinski definition) is 4. The normalized spacial score (nSPS) is 11.7. The van der Waals surface area contributed by atoms with Crippen molar-refractivity contribution in [1.82, 2.24) is 5.32 Å². The van der Waals surface area contributed by atoms with Crippen LogP contribution in [0.25, 0.3) is 0 Å². The zero-order valence-corrected chi connectivity index (χ0v) is 6.69. The molecule has 0 bridgehead atoms. The number of aliphatic carboxylic acids is 2. The van der Waals surface area contributed by atoms with Gasteiger partial charge in [0.1, 0.15) is 6.04 Å². The summed E-state index contributed by atoms with van der Waals surface area (Å²) in [6, 6.07) is -2.23. The van der Waals surface area contributed by atoms with E-state index >= 15 is 0 Å². The number of carboxylic acids is 2. The number of carbonyl (C=O) groups is 3. The molecule has 0 fully saturated rings. The summed E-state index contributed by atoms with van der Waals surface area (Å²) in [7, 11) is 0. The number of carbonyl (C=O) groups excluding carboxylic acids is 1. The molecule has 0 unspecified atom stereocenters. The first-order valence-electron chi connectivity index (χ1n) is 3.44. The standard InChI is InChI=1S/C6H10N2O5/c7-6(13)8-3(5(11)12)1-2-4(9)10/h3H,1-2H2,(H,9,10)(H,11,12)(H3,7,8,13)/t3-/m1/s1. The second-order valence-corrected chi connectivity index (χ2v) is 2.33. The fraction of sp³-hybridized carbons (Fsp3) is 0.500. The van der Waals surface area contributed by atoms with Crippen molar-refractivity contribution in [2.24, 2.45) is 5.73 Å². The number of rotatable bonds is 5. The molecule has 0 aromatic carbocycles. The number of primary amides is 1. The van der Waals surface area contributed by atoms with Crippen LogP contribution in [0.4, 0.5) is 4.79 Å².